The van der Waals surface area contributed by atoms with Crippen molar-refractivity contribution in [3.05, 3.63) is 47.0 Å². The van der Waals surface area contributed by atoms with Gasteiger partial charge in [-0.15, -0.1) is 0 Å². The third-order valence-corrected chi connectivity index (χ3v) is 5.13. The van der Waals surface area contributed by atoms with Crippen molar-refractivity contribution in [1.82, 2.24) is 4.90 Å². The van der Waals surface area contributed by atoms with Crippen LogP contribution in [0.2, 0.25) is 0 Å². The summed E-state index contributed by atoms with van der Waals surface area (Å²) in [5.41, 5.74) is 1.78. The van der Waals surface area contributed by atoms with Crippen LogP contribution in [0, 0.1) is 5.82 Å². The van der Waals surface area contributed by atoms with Gasteiger partial charge in [0, 0.05) is 26.1 Å². The topological polar surface area (TPSA) is 38.8 Å². The van der Waals surface area contributed by atoms with Gasteiger partial charge in [-0.2, -0.15) is 0 Å². The first kappa shape index (κ1) is 17.9. The Balaban J connectivity index is 1.71. The van der Waals surface area contributed by atoms with E-state index >= 15 is 0 Å². The first-order chi connectivity index (χ1) is 12.1. The van der Waals surface area contributed by atoms with Crippen LogP contribution in [0.5, 0.6) is 0 Å². The molecule has 25 heavy (non-hydrogen) atoms. The highest BCUT2D eigenvalue weighted by Crippen LogP contribution is 2.32. The van der Waals surface area contributed by atoms with Gasteiger partial charge in [0.05, 0.1) is 18.3 Å². The minimum Gasteiger partial charge on any atom is -0.497 e. The molecule has 1 amide bonds. The van der Waals surface area contributed by atoms with Gasteiger partial charge in [-0.05, 0) is 43.4 Å². The van der Waals surface area contributed by atoms with Crippen molar-refractivity contribution in [2.75, 3.05) is 20.3 Å². The molecule has 1 saturated heterocycles. The normalized spacial score (nSPS) is 24.0. The van der Waals surface area contributed by atoms with E-state index in [0.717, 1.165) is 49.0 Å². The molecule has 1 fully saturated rings. The minimum absolute atomic E-state index is 0.0707. The Bertz CT molecular complexity index is 641. The van der Waals surface area contributed by atoms with Crippen molar-refractivity contribution in [3.8, 4) is 0 Å². The van der Waals surface area contributed by atoms with Gasteiger partial charge in [-0.25, -0.2) is 4.39 Å². The van der Waals surface area contributed by atoms with Gasteiger partial charge in [0.2, 0.25) is 0 Å². The standard InChI is InChI=1S/C20H26FNO3/c1-3-18-17(5-4-11-24-18)20(23)22(2)16-10-12-25-19(13-16)14-6-8-15(21)9-7-14/h6-9,16,19H,3-5,10-13H2,1-2H3/t16-,19-/m1/s1. The molecule has 5 heteroatoms. The number of likely N-dealkylation sites (N-methyl/N-ethyl adjacent to an activating group) is 1. The van der Waals surface area contributed by atoms with Crippen LogP contribution in [-0.4, -0.2) is 37.1 Å². The van der Waals surface area contributed by atoms with E-state index in [4.69, 9.17) is 9.47 Å². The summed E-state index contributed by atoms with van der Waals surface area (Å²) in [4.78, 5) is 14.8. The lowest BCUT2D eigenvalue weighted by Crippen LogP contribution is -2.42. The van der Waals surface area contributed by atoms with E-state index in [9.17, 15) is 9.18 Å². The Hall–Kier alpha value is -1.88. The molecule has 0 saturated carbocycles. The molecule has 3 rings (SSSR count). The Kier molecular flexibility index (Phi) is 5.74. The molecule has 1 aromatic carbocycles. The molecule has 2 heterocycles. The lowest BCUT2D eigenvalue weighted by Gasteiger charge is -2.36. The van der Waals surface area contributed by atoms with Gasteiger partial charge >= 0.3 is 0 Å². The van der Waals surface area contributed by atoms with Crippen molar-refractivity contribution < 1.29 is 18.7 Å². The zero-order chi connectivity index (χ0) is 17.8. The summed E-state index contributed by atoms with van der Waals surface area (Å²) in [5.74, 6) is 0.659. The van der Waals surface area contributed by atoms with Crippen molar-refractivity contribution in [2.45, 2.75) is 51.2 Å². The molecule has 0 aromatic heterocycles. The fourth-order valence-electron chi connectivity index (χ4n) is 3.63. The predicted octanol–water partition coefficient (Wildman–Crippen LogP) is 3.98. The van der Waals surface area contributed by atoms with Crippen LogP contribution >= 0.6 is 0 Å². The summed E-state index contributed by atoms with van der Waals surface area (Å²) in [6, 6.07) is 6.54. The number of benzene rings is 1. The van der Waals surface area contributed by atoms with Crippen LogP contribution in [0.25, 0.3) is 0 Å². The Morgan fingerprint density at radius 2 is 2.04 bits per heavy atom. The number of amides is 1. The molecular weight excluding hydrogens is 321 g/mol. The molecule has 0 radical (unpaired) electrons. The molecular formula is C20H26FNO3. The number of hydrogen-bond donors (Lipinski definition) is 0. The summed E-state index contributed by atoms with van der Waals surface area (Å²) in [6.45, 7) is 3.32. The zero-order valence-electron chi connectivity index (χ0n) is 15.0. The van der Waals surface area contributed by atoms with Gasteiger partial charge in [-0.3, -0.25) is 4.79 Å². The van der Waals surface area contributed by atoms with Crippen molar-refractivity contribution in [2.24, 2.45) is 0 Å². The fraction of sp³-hybridized carbons (Fsp3) is 0.550. The highest BCUT2D eigenvalue weighted by molar-refractivity contribution is 5.94. The van der Waals surface area contributed by atoms with Crippen LogP contribution in [0.15, 0.2) is 35.6 Å². The Labute approximate surface area is 148 Å². The third-order valence-electron chi connectivity index (χ3n) is 5.13. The summed E-state index contributed by atoms with van der Waals surface area (Å²) in [7, 11) is 1.87. The molecule has 2 atom stereocenters. The number of hydrogen-bond acceptors (Lipinski definition) is 3. The molecule has 0 aliphatic carbocycles. The lowest BCUT2D eigenvalue weighted by atomic mass is 9.95. The van der Waals surface area contributed by atoms with Gasteiger partial charge in [0.1, 0.15) is 11.6 Å². The van der Waals surface area contributed by atoms with Gasteiger partial charge in [0.25, 0.3) is 5.91 Å². The van der Waals surface area contributed by atoms with Crippen LogP contribution in [0.4, 0.5) is 4.39 Å². The predicted molar refractivity (Wildman–Crippen MR) is 93.4 cm³/mol. The number of allylic oxidation sites excluding steroid dienone is 1. The first-order valence-electron chi connectivity index (χ1n) is 9.09. The molecule has 0 spiro atoms. The van der Waals surface area contributed by atoms with Crippen LogP contribution in [0.3, 0.4) is 0 Å². The number of carbonyl (C=O) groups is 1. The Morgan fingerprint density at radius 3 is 2.76 bits per heavy atom. The van der Waals surface area contributed by atoms with Crippen LogP contribution < -0.4 is 0 Å². The van der Waals surface area contributed by atoms with E-state index in [1.165, 1.54) is 12.1 Å². The highest BCUT2D eigenvalue weighted by Gasteiger charge is 2.31. The quantitative estimate of drug-likeness (QED) is 0.827. The highest BCUT2D eigenvalue weighted by atomic mass is 19.1. The van der Waals surface area contributed by atoms with E-state index in [1.807, 2.05) is 18.9 Å². The summed E-state index contributed by atoms with van der Waals surface area (Å²) < 4.78 is 24.7. The van der Waals surface area contributed by atoms with Crippen molar-refractivity contribution in [3.63, 3.8) is 0 Å². The number of carbonyl (C=O) groups excluding carboxylic acids is 1. The lowest BCUT2D eigenvalue weighted by molar-refractivity contribution is -0.131. The molecule has 1 aromatic rings. The number of nitrogens with zero attached hydrogens (tertiary/aromatic N) is 1. The summed E-state index contributed by atoms with van der Waals surface area (Å²) >= 11 is 0. The van der Waals surface area contributed by atoms with E-state index in [1.54, 1.807) is 12.1 Å². The SMILES string of the molecule is CCC1=C(C(=O)N(C)[C@@H]2CCO[C@@H](c3ccc(F)cc3)C2)CCCO1. The molecule has 4 nitrogen and oxygen atoms in total. The number of rotatable bonds is 4. The van der Waals surface area contributed by atoms with Crippen LogP contribution in [-0.2, 0) is 14.3 Å². The number of halogens is 1. The average Bonchev–Trinajstić information content (AvgIpc) is 2.67. The second kappa shape index (κ2) is 8.00. The largest absolute Gasteiger partial charge is 0.497 e. The second-order valence-corrected chi connectivity index (χ2v) is 6.71. The smallest absolute Gasteiger partial charge is 0.253 e. The fourth-order valence-corrected chi connectivity index (χ4v) is 3.63. The number of ether oxygens (including phenoxy) is 2. The third kappa shape index (κ3) is 4.03. The molecule has 0 unspecified atom stereocenters. The van der Waals surface area contributed by atoms with E-state index < -0.39 is 0 Å². The van der Waals surface area contributed by atoms with Crippen molar-refractivity contribution in [1.29, 1.82) is 0 Å². The molecule has 136 valence electrons. The minimum atomic E-state index is -0.250. The van der Waals surface area contributed by atoms with E-state index in [2.05, 4.69) is 0 Å². The monoisotopic (exact) mass is 347 g/mol. The molecule has 2 aliphatic heterocycles. The van der Waals surface area contributed by atoms with Crippen LogP contribution in [0.1, 0.15) is 50.7 Å². The molecule has 0 N–H and O–H groups in total. The first-order valence-corrected chi connectivity index (χ1v) is 9.09. The van der Waals surface area contributed by atoms with E-state index in [-0.39, 0.29) is 23.9 Å². The summed E-state index contributed by atoms with van der Waals surface area (Å²) in [5, 5.41) is 0. The zero-order valence-corrected chi connectivity index (χ0v) is 15.0. The second-order valence-electron chi connectivity index (χ2n) is 6.71. The Morgan fingerprint density at radius 1 is 1.28 bits per heavy atom. The maximum atomic E-state index is 13.1. The average molecular weight is 347 g/mol. The molecule has 2 aliphatic rings. The van der Waals surface area contributed by atoms with Gasteiger partial charge in [0.15, 0.2) is 0 Å². The summed E-state index contributed by atoms with van der Waals surface area (Å²) in [6.07, 6.45) is 3.87. The van der Waals surface area contributed by atoms with Gasteiger partial charge in [-0.1, -0.05) is 19.1 Å². The maximum absolute atomic E-state index is 13.1. The van der Waals surface area contributed by atoms with E-state index in [0.29, 0.717) is 13.2 Å². The van der Waals surface area contributed by atoms with Crippen molar-refractivity contribution >= 4 is 5.91 Å². The maximum Gasteiger partial charge on any atom is 0.253 e. The molecule has 0 bridgehead atoms. The van der Waals surface area contributed by atoms with Gasteiger partial charge < -0.3 is 14.4 Å².